The minimum Gasteiger partial charge on any atom is -0.503 e. The number of hydrogen-bond donors (Lipinski definition) is 2. The number of Topliss-reactive ketones (excluding diaryl/α,β-unsaturated/α-hetero) is 1. The fourth-order valence-corrected chi connectivity index (χ4v) is 5.51. The predicted molar refractivity (Wildman–Crippen MR) is 132 cm³/mol. The molecule has 8 heteroatoms. The van der Waals surface area contributed by atoms with Gasteiger partial charge in [0.05, 0.1) is 34.3 Å². The Balaban J connectivity index is 1.75. The van der Waals surface area contributed by atoms with E-state index in [1.54, 1.807) is 38.3 Å². The van der Waals surface area contributed by atoms with Crippen molar-refractivity contribution in [3.8, 4) is 5.75 Å². The number of nitrogens with one attached hydrogen (secondary N) is 1. The van der Waals surface area contributed by atoms with Gasteiger partial charge in [-0.25, -0.2) is 4.98 Å². The lowest BCUT2D eigenvalue weighted by Crippen LogP contribution is -2.31. The normalized spacial score (nSPS) is 16.1. The molecule has 1 aliphatic rings. The largest absolute Gasteiger partial charge is 0.503 e. The second-order valence-corrected chi connectivity index (χ2v) is 9.43. The zero-order chi connectivity index (χ0) is 24.1. The van der Waals surface area contributed by atoms with E-state index in [9.17, 15) is 14.7 Å². The lowest BCUT2D eigenvalue weighted by Gasteiger charge is -2.27. The van der Waals surface area contributed by atoms with Gasteiger partial charge in [-0.3, -0.25) is 14.5 Å². The van der Waals surface area contributed by atoms with Gasteiger partial charge in [-0.2, -0.15) is 0 Å². The van der Waals surface area contributed by atoms with Gasteiger partial charge in [-0.15, -0.1) is 11.3 Å². The number of carbonyl (C=O) groups is 2. The molecule has 3 heterocycles. The maximum atomic E-state index is 13.8. The Morgan fingerprint density at radius 3 is 2.47 bits per heavy atom. The van der Waals surface area contributed by atoms with E-state index in [1.165, 1.54) is 16.2 Å². The van der Waals surface area contributed by atoms with E-state index in [4.69, 9.17) is 4.74 Å². The molecule has 34 heavy (non-hydrogen) atoms. The molecule has 0 saturated carbocycles. The summed E-state index contributed by atoms with van der Waals surface area (Å²) < 4.78 is 5.26. The maximum absolute atomic E-state index is 13.8. The highest BCUT2D eigenvalue weighted by Gasteiger charge is 2.46. The van der Waals surface area contributed by atoms with Crippen LogP contribution in [0.15, 0.2) is 59.9 Å². The number of thiazole rings is 1. The van der Waals surface area contributed by atoms with Crippen molar-refractivity contribution in [3.63, 3.8) is 0 Å². The third kappa shape index (κ3) is 3.30. The van der Waals surface area contributed by atoms with Crippen molar-refractivity contribution in [2.45, 2.75) is 26.8 Å². The fraction of sp³-hybridized carbons (Fsp3) is 0.192. The zero-order valence-electron chi connectivity index (χ0n) is 19.2. The Labute approximate surface area is 200 Å². The van der Waals surface area contributed by atoms with Crippen LogP contribution in [0.2, 0.25) is 0 Å². The number of para-hydroxylation sites is 1. The number of ether oxygens (including phenoxy) is 1. The number of benzene rings is 2. The molecule has 0 radical (unpaired) electrons. The number of H-pyrrole nitrogens is 1. The van der Waals surface area contributed by atoms with Crippen LogP contribution >= 0.6 is 11.3 Å². The van der Waals surface area contributed by atoms with Crippen molar-refractivity contribution in [2.24, 2.45) is 0 Å². The predicted octanol–water partition coefficient (Wildman–Crippen LogP) is 5.34. The molecule has 2 N–H and O–H groups in total. The van der Waals surface area contributed by atoms with E-state index in [-0.39, 0.29) is 11.4 Å². The molecule has 1 aliphatic heterocycles. The molecule has 5 rings (SSSR count). The summed E-state index contributed by atoms with van der Waals surface area (Å²) in [5, 5.41) is 12.7. The molecule has 1 unspecified atom stereocenters. The number of aliphatic hydroxyl groups is 1. The number of aliphatic hydroxyl groups excluding tert-OH is 1. The summed E-state index contributed by atoms with van der Waals surface area (Å²) in [6, 6.07) is 13.9. The van der Waals surface area contributed by atoms with E-state index in [1.807, 2.05) is 38.1 Å². The van der Waals surface area contributed by atoms with Gasteiger partial charge >= 0.3 is 0 Å². The quantitative estimate of drug-likeness (QED) is 0.382. The van der Waals surface area contributed by atoms with Crippen LogP contribution in [0.25, 0.3) is 10.9 Å². The highest BCUT2D eigenvalue weighted by Crippen LogP contribution is 2.46. The number of aromatic nitrogens is 2. The Morgan fingerprint density at radius 1 is 1.12 bits per heavy atom. The smallest absolute Gasteiger partial charge is 0.294 e. The van der Waals surface area contributed by atoms with E-state index in [0.717, 1.165) is 27.2 Å². The van der Waals surface area contributed by atoms with Gasteiger partial charge < -0.3 is 14.8 Å². The number of anilines is 1. The average Bonchev–Trinajstić information content (AvgIpc) is 3.43. The first-order valence-corrected chi connectivity index (χ1v) is 11.6. The van der Waals surface area contributed by atoms with Gasteiger partial charge in [0.2, 0.25) is 5.78 Å². The van der Waals surface area contributed by atoms with Crippen LogP contribution in [0.3, 0.4) is 0 Å². The first-order chi connectivity index (χ1) is 16.3. The SMILES string of the molecule is COc1ccc(N2C(=O)C(O)=C(C(=O)c3sc(C)nc3C)C2c2c(C)[nH]c3ccccc23)cc1. The Bertz CT molecular complexity index is 1480. The summed E-state index contributed by atoms with van der Waals surface area (Å²) in [6.07, 6.45) is 0. The van der Waals surface area contributed by atoms with Crippen LogP contribution in [0.1, 0.15) is 37.7 Å². The molecule has 4 aromatic rings. The molecule has 1 amide bonds. The third-order valence-corrected chi connectivity index (χ3v) is 7.20. The summed E-state index contributed by atoms with van der Waals surface area (Å²) >= 11 is 1.26. The maximum Gasteiger partial charge on any atom is 0.294 e. The number of fused-ring (bicyclic) bond motifs is 1. The molecular weight excluding hydrogens is 450 g/mol. The Kier molecular flexibility index (Phi) is 5.25. The third-order valence-electron chi connectivity index (χ3n) is 6.13. The molecule has 1 atom stereocenters. The summed E-state index contributed by atoms with van der Waals surface area (Å²) in [5.74, 6) is -0.915. The Hall–Kier alpha value is -3.91. The van der Waals surface area contributed by atoms with Gasteiger partial charge in [0.1, 0.15) is 5.75 Å². The van der Waals surface area contributed by atoms with Crippen molar-refractivity contribution >= 4 is 39.6 Å². The van der Waals surface area contributed by atoms with Crippen LogP contribution in [-0.2, 0) is 4.79 Å². The van der Waals surface area contributed by atoms with Crippen LogP contribution in [0.5, 0.6) is 5.75 Å². The molecule has 7 nitrogen and oxygen atoms in total. The number of aryl methyl sites for hydroxylation is 3. The fourth-order valence-electron chi connectivity index (χ4n) is 4.63. The summed E-state index contributed by atoms with van der Waals surface area (Å²) in [6.45, 7) is 5.50. The van der Waals surface area contributed by atoms with Crippen molar-refractivity contribution < 1.29 is 19.4 Å². The van der Waals surface area contributed by atoms with E-state index in [2.05, 4.69) is 9.97 Å². The number of nitrogens with zero attached hydrogens (tertiary/aromatic N) is 2. The number of aromatic amines is 1. The first-order valence-electron chi connectivity index (χ1n) is 10.8. The number of rotatable bonds is 5. The van der Waals surface area contributed by atoms with Gasteiger partial charge in [0.25, 0.3) is 5.91 Å². The van der Waals surface area contributed by atoms with Crippen LogP contribution in [-0.4, -0.2) is 33.9 Å². The van der Waals surface area contributed by atoms with E-state index < -0.39 is 17.7 Å². The number of ketones is 1. The highest BCUT2D eigenvalue weighted by molar-refractivity contribution is 7.14. The van der Waals surface area contributed by atoms with Crippen molar-refractivity contribution in [1.29, 1.82) is 0 Å². The van der Waals surface area contributed by atoms with Crippen LogP contribution in [0.4, 0.5) is 5.69 Å². The van der Waals surface area contributed by atoms with Crippen LogP contribution < -0.4 is 9.64 Å². The Morgan fingerprint density at radius 2 is 1.82 bits per heavy atom. The van der Waals surface area contributed by atoms with Gasteiger partial charge in [-0.05, 0) is 51.1 Å². The average molecular weight is 474 g/mol. The summed E-state index contributed by atoms with van der Waals surface area (Å²) in [7, 11) is 1.57. The monoisotopic (exact) mass is 473 g/mol. The molecule has 0 aliphatic carbocycles. The van der Waals surface area contributed by atoms with Gasteiger partial charge in [0, 0.05) is 27.8 Å². The number of carbonyl (C=O) groups excluding carboxylic acids is 2. The van der Waals surface area contributed by atoms with Gasteiger partial charge in [-0.1, -0.05) is 18.2 Å². The van der Waals surface area contributed by atoms with Crippen molar-refractivity contribution in [2.75, 3.05) is 12.0 Å². The first kappa shape index (κ1) is 21.9. The number of amides is 1. The minimum absolute atomic E-state index is 0.0559. The molecule has 0 spiro atoms. The molecular formula is C26H23N3O4S. The minimum atomic E-state index is -0.814. The van der Waals surface area contributed by atoms with E-state index >= 15 is 0 Å². The molecule has 2 aromatic carbocycles. The van der Waals surface area contributed by atoms with Gasteiger partial charge in [0.15, 0.2) is 5.76 Å². The number of methoxy groups -OCH3 is 1. The van der Waals surface area contributed by atoms with E-state index in [0.29, 0.717) is 22.0 Å². The number of hydrogen-bond acceptors (Lipinski definition) is 6. The van der Waals surface area contributed by atoms with Crippen molar-refractivity contribution in [1.82, 2.24) is 9.97 Å². The standard InChI is InChI=1S/C26H23N3O4S/c1-13-20(18-7-5-6-8-19(18)28-13)22-21(23(30)25-14(2)27-15(3)34-25)24(31)26(32)29(22)16-9-11-17(33-4)12-10-16/h5-12,22,28,31H,1-4H3. The lowest BCUT2D eigenvalue weighted by atomic mass is 9.92. The lowest BCUT2D eigenvalue weighted by molar-refractivity contribution is -0.117. The molecule has 0 fully saturated rings. The summed E-state index contributed by atoms with van der Waals surface area (Å²) in [4.78, 5) is 36.9. The molecule has 172 valence electrons. The molecule has 2 aromatic heterocycles. The zero-order valence-corrected chi connectivity index (χ0v) is 20.0. The second kappa shape index (κ2) is 8.14. The van der Waals surface area contributed by atoms with Crippen molar-refractivity contribution in [3.05, 3.63) is 86.7 Å². The molecule has 0 saturated heterocycles. The summed E-state index contributed by atoms with van der Waals surface area (Å²) in [5.41, 5.74) is 3.66. The highest BCUT2D eigenvalue weighted by atomic mass is 32.1. The topological polar surface area (TPSA) is 95.5 Å². The van der Waals surface area contributed by atoms with Crippen LogP contribution in [0, 0.1) is 20.8 Å². The molecule has 0 bridgehead atoms. The second-order valence-electron chi connectivity index (χ2n) is 8.22.